The molecule has 2 aliphatic heterocycles. The molecular formula is C17H27Cl2FN2O. The molecule has 0 saturated carbocycles. The predicted octanol–water partition coefficient (Wildman–Crippen LogP) is 3.35. The third-order valence-corrected chi connectivity index (χ3v) is 4.73. The molecule has 1 aromatic carbocycles. The van der Waals surface area contributed by atoms with Gasteiger partial charge in [0.05, 0.1) is 0 Å². The van der Waals surface area contributed by atoms with E-state index in [-0.39, 0.29) is 36.7 Å². The molecule has 2 fully saturated rings. The Morgan fingerprint density at radius 3 is 2.43 bits per heavy atom. The van der Waals surface area contributed by atoms with Gasteiger partial charge in [-0.3, -0.25) is 4.90 Å². The van der Waals surface area contributed by atoms with Crippen molar-refractivity contribution in [2.45, 2.75) is 25.8 Å². The van der Waals surface area contributed by atoms with Crippen LogP contribution in [0.4, 0.5) is 4.39 Å². The Morgan fingerprint density at radius 2 is 1.83 bits per heavy atom. The maximum Gasteiger partial charge on any atom is 0.128 e. The minimum Gasteiger partial charge on any atom is -0.381 e. The van der Waals surface area contributed by atoms with E-state index >= 15 is 0 Å². The highest BCUT2D eigenvalue weighted by atomic mass is 35.5. The molecule has 0 amide bonds. The summed E-state index contributed by atoms with van der Waals surface area (Å²) in [6.45, 7) is 7.54. The molecule has 2 heterocycles. The summed E-state index contributed by atoms with van der Waals surface area (Å²) in [7, 11) is 0. The van der Waals surface area contributed by atoms with E-state index in [2.05, 4.69) is 10.2 Å². The number of halogens is 3. The van der Waals surface area contributed by atoms with Crippen LogP contribution in [0, 0.1) is 18.7 Å². The van der Waals surface area contributed by atoms with Gasteiger partial charge in [-0.15, -0.1) is 24.8 Å². The number of hydrogen-bond acceptors (Lipinski definition) is 3. The van der Waals surface area contributed by atoms with Gasteiger partial charge in [0.25, 0.3) is 0 Å². The molecule has 0 aliphatic carbocycles. The summed E-state index contributed by atoms with van der Waals surface area (Å²) in [5.41, 5.74) is 1.86. The van der Waals surface area contributed by atoms with E-state index in [9.17, 15) is 4.39 Å². The largest absolute Gasteiger partial charge is 0.381 e. The van der Waals surface area contributed by atoms with Crippen LogP contribution < -0.4 is 5.32 Å². The van der Waals surface area contributed by atoms with Crippen molar-refractivity contribution in [2.75, 3.05) is 39.4 Å². The quantitative estimate of drug-likeness (QED) is 0.889. The van der Waals surface area contributed by atoms with Gasteiger partial charge in [0, 0.05) is 51.0 Å². The second-order valence-corrected chi connectivity index (χ2v) is 6.21. The van der Waals surface area contributed by atoms with Gasteiger partial charge in [0.15, 0.2) is 0 Å². The standard InChI is InChI=1S/C17H25FN2O.2ClH/c1-13-2-3-15(16(18)12-13)17(14-4-10-21-11-5-14)20-8-6-19-7-9-20;;/h2-3,12,14,17,19H,4-11H2,1H3;2*1H/t17-;;/m0../s1. The lowest BCUT2D eigenvalue weighted by atomic mass is 9.85. The molecule has 23 heavy (non-hydrogen) atoms. The maximum absolute atomic E-state index is 14.5. The summed E-state index contributed by atoms with van der Waals surface area (Å²) >= 11 is 0. The summed E-state index contributed by atoms with van der Waals surface area (Å²) < 4.78 is 20.0. The highest BCUT2D eigenvalue weighted by molar-refractivity contribution is 5.85. The fourth-order valence-electron chi connectivity index (χ4n) is 3.61. The van der Waals surface area contributed by atoms with Crippen LogP contribution in [-0.2, 0) is 4.74 Å². The second-order valence-electron chi connectivity index (χ2n) is 6.21. The van der Waals surface area contributed by atoms with Gasteiger partial charge in [0.2, 0.25) is 0 Å². The zero-order valence-corrected chi connectivity index (χ0v) is 15.2. The molecule has 1 N–H and O–H groups in total. The zero-order chi connectivity index (χ0) is 14.7. The highest BCUT2D eigenvalue weighted by Crippen LogP contribution is 2.36. The summed E-state index contributed by atoms with van der Waals surface area (Å²) in [4.78, 5) is 2.46. The molecule has 6 heteroatoms. The minimum atomic E-state index is -0.0509. The normalized spacial score (nSPS) is 21.1. The fraction of sp³-hybridized carbons (Fsp3) is 0.647. The van der Waals surface area contributed by atoms with Gasteiger partial charge < -0.3 is 10.1 Å². The fourth-order valence-corrected chi connectivity index (χ4v) is 3.61. The minimum absolute atomic E-state index is 0. The molecule has 0 unspecified atom stereocenters. The zero-order valence-electron chi connectivity index (χ0n) is 13.6. The molecule has 0 aromatic heterocycles. The first-order valence-electron chi connectivity index (χ1n) is 8.04. The van der Waals surface area contributed by atoms with E-state index in [1.165, 1.54) is 0 Å². The van der Waals surface area contributed by atoms with Gasteiger partial charge in [-0.05, 0) is 37.3 Å². The molecule has 3 rings (SSSR count). The van der Waals surface area contributed by atoms with Gasteiger partial charge in [-0.25, -0.2) is 4.39 Å². The van der Waals surface area contributed by atoms with E-state index in [1.54, 1.807) is 6.07 Å². The summed E-state index contributed by atoms with van der Waals surface area (Å²) in [5, 5.41) is 3.39. The van der Waals surface area contributed by atoms with E-state index in [1.807, 2.05) is 19.1 Å². The van der Waals surface area contributed by atoms with E-state index in [4.69, 9.17) is 4.74 Å². The van der Waals surface area contributed by atoms with Gasteiger partial charge in [0.1, 0.15) is 5.82 Å². The second kappa shape index (κ2) is 9.80. The average Bonchev–Trinajstić information content (AvgIpc) is 2.52. The highest BCUT2D eigenvalue weighted by Gasteiger charge is 2.32. The Hall–Kier alpha value is -0.390. The van der Waals surface area contributed by atoms with Crippen molar-refractivity contribution >= 4 is 24.8 Å². The van der Waals surface area contributed by atoms with Gasteiger partial charge in [-0.2, -0.15) is 0 Å². The van der Waals surface area contributed by atoms with Crippen LogP contribution in [0.3, 0.4) is 0 Å². The number of aryl methyl sites for hydroxylation is 1. The van der Waals surface area contributed by atoms with E-state index in [0.29, 0.717) is 5.92 Å². The Kier molecular flexibility index (Phi) is 8.80. The number of piperazine rings is 1. The lowest BCUT2D eigenvalue weighted by molar-refractivity contribution is 0.0203. The lowest BCUT2D eigenvalue weighted by Crippen LogP contribution is -2.47. The number of rotatable bonds is 3. The van der Waals surface area contributed by atoms with Crippen molar-refractivity contribution in [3.05, 3.63) is 35.1 Å². The summed E-state index contributed by atoms with van der Waals surface area (Å²) in [5.74, 6) is 0.444. The number of ether oxygens (including phenoxy) is 1. The Labute approximate surface area is 150 Å². The Morgan fingerprint density at radius 1 is 1.17 bits per heavy atom. The topological polar surface area (TPSA) is 24.5 Å². The lowest BCUT2D eigenvalue weighted by Gasteiger charge is -2.41. The first-order valence-corrected chi connectivity index (χ1v) is 8.04. The summed E-state index contributed by atoms with van der Waals surface area (Å²) in [6, 6.07) is 5.89. The predicted molar refractivity (Wildman–Crippen MR) is 96.4 cm³/mol. The van der Waals surface area contributed by atoms with Crippen LogP contribution >= 0.6 is 24.8 Å². The van der Waals surface area contributed by atoms with Crippen molar-refractivity contribution in [1.82, 2.24) is 10.2 Å². The molecule has 1 atom stereocenters. The maximum atomic E-state index is 14.5. The molecule has 0 radical (unpaired) electrons. The van der Waals surface area contributed by atoms with E-state index < -0.39 is 0 Å². The van der Waals surface area contributed by atoms with E-state index in [0.717, 1.165) is 63.4 Å². The third-order valence-electron chi connectivity index (χ3n) is 4.73. The first-order chi connectivity index (χ1) is 10.3. The average molecular weight is 365 g/mol. The Balaban J connectivity index is 0.00000132. The number of nitrogens with one attached hydrogen (secondary N) is 1. The molecule has 0 bridgehead atoms. The molecule has 0 spiro atoms. The van der Waals surface area contributed by atoms with Crippen LogP contribution in [0.5, 0.6) is 0 Å². The monoisotopic (exact) mass is 364 g/mol. The van der Waals surface area contributed by atoms with Crippen molar-refractivity contribution in [2.24, 2.45) is 5.92 Å². The van der Waals surface area contributed by atoms with Gasteiger partial charge >= 0.3 is 0 Å². The number of benzene rings is 1. The molecular weight excluding hydrogens is 338 g/mol. The van der Waals surface area contributed by atoms with Crippen LogP contribution in [0.2, 0.25) is 0 Å². The number of hydrogen-bond donors (Lipinski definition) is 1. The van der Waals surface area contributed by atoms with Crippen LogP contribution in [0.1, 0.15) is 30.0 Å². The molecule has 2 saturated heterocycles. The first kappa shape index (κ1) is 20.7. The smallest absolute Gasteiger partial charge is 0.128 e. The van der Waals surface area contributed by atoms with Crippen LogP contribution in [0.25, 0.3) is 0 Å². The molecule has 2 aliphatic rings. The summed E-state index contributed by atoms with van der Waals surface area (Å²) in [6.07, 6.45) is 2.06. The molecule has 1 aromatic rings. The van der Waals surface area contributed by atoms with Crippen molar-refractivity contribution in [1.29, 1.82) is 0 Å². The van der Waals surface area contributed by atoms with Crippen LogP contribution in [0.15, 0.2) is 18.2 Å². The van der Waals surface area contributed by atoms with Gasteiger partial charge in [-0.1, -0.05) is 12.1 Å². The SMILES string of the molecule is Cc1ccc([C@H](C2CCOCC2)N2CCNCC2)c(F)c1.Cl.Cl. The molecule has 3 nitrogen and oxygen atoms in total. The molecule has 132 valence electrons. The Bertz CT molecular complexity index is 460. The van der Waals surface area contributed by atoms with Crippen molar-refractivity contribution in [3.8, 4) is 0 Å². The number of nitrogens with zero attached hydrogens (tertiary/aromatic N) is 1. The van der Waals surface area contributed by atoms with Crippen molar-refractivity contribution in [3.63, 3.8) is 0 Å². The third kappa shape index (κ3) is 5.04. The van der Waals surface area contributed by atoms with Crippen LogP contribution in [-0.4, -0.2) is 44.3 Å². The van der Waals surface area contributed by atoms with Crippen molar-refractivity contribution < 1.29 is 9.13 Å².